The van der Waals surface area contributed by atoms with Gasteiger partial charge in [0, 0.05) is 29.9 Å². The van der Waals surface area contributed by atoms with E-state index in [1.807, 2.05) is 23.6 Å². The lowest BCUT2D eigenvalue weighted by Crippen LogP contribution is -2.43. The van der Waals surface area contributed by atoms with Crippen LogP contribution >= 0.6 is 11.3 Å². The molecule has 0 saturated heterocycles. The molecule has 1 aromatic carbocycles. The van der Waals surface area contributed by atoms with Crippen LogP contribution in [0.1, 0.15) is 22.2 Å². The molecule has 6 nitrogen and oxygen atoms in total. The number of rotatable bonds is 6. The standard InChI is InChI=1S/C22H22N4O2S/c27-21(24-14-17-7-3-4-11-23-17)22(28)25-15-19(20-9-5-13-29-20)26-12-10-16-6-1-2-8-18(16)26/h1-9,11,13,19H,10,12,14-15H2,(H,24,27)(H,25,28). The van der Waals surface area contributed by atoms with Crippen LogP contribution in [-0.2, 0) is 22.6 Å². The number of fused-ring (bicyclic) bond motifs is 1. The van der Waals surface area contributed by atoms with Gasteiger partial charge in [0.1, 0.15) is 0 Å². The van der Waals surface area contributed by atoms with Crippen LogP contribution in [0.15, 0.2) is 66.2 Å². The number of aromatic nitrogens is 1. The molecule has 1 atom stereocenters. The predicted octanol–water partition coefficient (Wildman–Crippen LogP) is 2.68. The highest BCUT2D eigenvalue weighted by atomic mass is 32.1. The highest BCUT2D eigenvalue weighted by Gasteiger charge is 2.28. The van der Waals surface area contributed by atoms with Crippen LogP contribution in [0.3, 0.4) is 0 Å². The second-order valence-electron chi connectivity index (χ2n) is 6.82. The quantitative estimate of drug-likeness (QED) is 0.618. The van der Waals surface area contributed by atoms with Crippen molar-refractivity contribution in [2.45, 2.75) is 19.0 Å². The van der Waals surface area contributed by atoms with Crippen LogP contribution in [-0.4, -0.2) is 29.9 Å². The van der Waals surface area contributed by atoms with E-state index in [2.05, 4.69) is 44.8 Å². The number of para-hydroxylation sites is 1. The van der Waals surface area contributed by atoms with Crippen molar-refractivity contribution in [3.8, 4) is 0 Å². The number of nitrogens with zero attached hydrogens (tertiary/aromatic N) is 2. The van der Waals surface area contributed by atoms with Crippen LogP contribution in [0.5, 0.6) is 0 Å². The highest BCUT2D eigenvalue weighted by molar-refractivity contribution is 7.10. The number of hydrogen-bond donors (Lipinski definition) is 2. The number of carbonyl (C=O) groups is 2. The van der Waals surface area contributed by atoms with E-state index in [1.165, 1.54) is 11.3 Å². The number of benzene rings is 1. The van der Waals surface area contributed by atoms with Gasteiger partial charge in [-0.3, -0.25) is 14.6 Å². The van der Waals surface area contributed by atoms with Gasteiger partial charge in [0.15, 0.2) is 0 Å². The largest absolute Gasteiger partial charge is 0.361 e. The first-order chi connectivity index (χ1) is 14.2. The van der Waals surface area contributed by atoms with Gasteiger partial charge < -0.3 is 15.5 Å². The Morgan fingerprint density at radius 2 is 1.86 bits per heavy atom. The van der Waals surface area contributed by atoms with E-state index in [9.17, 15) is 9.59 Å². The smallest absolute Gasteiger partial charge is 0.309 e. The van der Waals surface area contributed by atoms with Crippen molar-refractivity contribution in [2.75, 3.05) is 18.0 Å². The molecule has 1 aliphatic heterocycles. The normalized spacial score (nSPS) is 13.6. The summed E-state index contributed by atoms with van der Waals surface area (Å²) in [6, 6.07) is 17.9. The summed E-state index contributed by atoms with van der Waals surface area (Å²) in [6.07, 6.45) is 2.64. The Balaban J connectivity index is 1.40. The van der Waals surface area contributed by atoms with E-state index in [0.717, 1.165) is 17.8 Å². The average Bonchev–Trinajstić information content (AvgIpc) is 3.44. The molecule has 2 aromatic heterocycles. The molecule has 0 fully saturated rings. The lowest BCUT2D eigenvalue weighted by molar-refractivity contribution is -0.139. The van der Waals surface area contributed by atoms with Crippen LogP contribution in [0.4, 0.5) is 5.69 Å². The van der Waals surface area contributed by atoms with Crippen molar-refractivity contribution < 1.29 is 9.59 Å². The Labute approximate surface area is 173 Å². The molecule has 1 unspecified atom stereocenters. The number of nitrogens with one attached hydrogen (secondary N) is 2. The molecular weight excluding hydrogens is 384 g/mol. The van der Waals surface area contributed by atoms with Gasteiger partial charge in [0.2, 0.25) is 0 Å². The number of pyridine rings is 1. The molecule has 7 heteroatoms. The molecule has 1 aliphatic rings. The molecule has 0 radical (unpaired) electrons. The van der Waals surface area contributed by atoms with E-state index in [4.69, 9.17) is 0 Å². The first kappa shape index (κ1) is 19.1. The van der Waals surface area contributed by atoms with Gasteiger partial charge in [-0.2, -0.15) is 0 Å². The Hall–Kier alpha value is -3.19. The molecule has 3 heterocycles. The summed E-state index contributed by atoms with van der Waals surface area (Å²) in [5.74, 6) is -1.28. The second kappa shape index (κ2) is 8.87. The zero-order chi connectivity index (χ0) is 20.1. The minimum absolute atomic E-state index is 0.00816. The first-order valence-corrected chi connectivity index (χ1v) is 10.4. The molecule has 0 saturated carbocycles. The Morgan fingerprint density at radius 3 is 2.66 bits per heavy atom. The number of thiophene rings is 1. The van der Waals surface area contributed by atoms with Crippen LogP contribution in [0.2, 0.25) is 0 Å². The fraction of sp³-hybridized carbons (Fsp3) is 0.227. The summed E-state index contributed by atoms with van der Waals surface area (Å²) in [4.78, 5) is 32.1. The SMILES string of the molecule is O=C(NCc1ccccn1)C(=O)NCC(c1cccs1)N1CCc2ccccc21. The van der Waals surface area contributed by atoms with Crippen molar-refractivity contribution in [3.63, 3.8) is 0 Å². The maximum atomic E-state index is 12.3. The van der Waals surface area contributed by atoms with Crippen molar-refractivity contribution in [3.05, 3.63) is 82.3 Å². The van der Waals surface area contributed by atoms with E-state index in [-0.39, 0.29) is 12.6 Å². The van der Waals surface area contributed by atoms with Gasteiger partial charge in [-0.25, -0.2) is 0 Å². The minimum Gasteiger partial charge on any atom is -0.361 e. The Kier molecular flexibility index (Phi) is 5.86. The van der Waals surface area contributed by atoms with Gasteiger partial charge in [0.25, 0.3) is 0 Å². The molecule has 148 valence electrons. The van der Waals surface area contributed by atoms with Crippen molar-refractivity contribution in [2.24, 2.45) is 0 Å². The lowest BCUT2D eigenvalue weighted by Gasteiger charge is -2.30. The van der Waals surface area contributed by atoms with Gasteiger partial charge in [-0.15, -0.1) is 11.3 Å². The Bertz CT molecular complexity index is 975. The Morgan fingerprint density at radius 1 is 1.03 bits per heavy atom. The van der Waals surface area contributed by atoms with Crippen molar-refractivity contribution in [1.82, 2.24) is 15.6 Å². The van der Waals surface area contributed by atoms with Crippen LogP contribution in [0, 0.1) is 0 Å². The summed E-state index contributed by atoms with van der Waals surface area (Å²) < 4.78 is 0. The highest BCUT2D eigenvalue weighted by Crippen LogP contribution is 2.36. The third-order valence-electron chi connectivity index (χ3n) is 4.99. The minimum atomic E-state index is -0.651. The van der Waals surface area contributed by atoms with E-state index in [0.29, 0.717) is 12.2 Å². The summed E-state index contributed by atoms with van der Waals surface area (Å²) in [5.41, 5.74) is 3.21. The van der Waals surface area contributed by atoms with Crippen molar-refractivity contribution in [1.29, 1.82) is 0 Å². The fourth-order valence-electron chi connectivity index (χ4n) is 3.56. The summed E-state index contributed by atoms with van der Waals surface area (Å²) >= 11 is 1.66. The molecule has 4 rings (SSSR count). The third-order valence-corrected chi connectivity index (χ3v) is 5.96. The molecule has 3 aromatic rings. The summed E-state index contributed by atoms with van der Waals surface area (Å²) in [7, 11) is 0. The third kappa shape index (κ3) is 4.46. The zero-order valence-electron chi connectivity index (χ0n) is 15.9. The zero-order valence-corrected chi connectivity index (χ0v) is 16.7. The second-order valence-corrected chi connectivity index (χ2v) is 7.80. The summed E-state index contributed by atoms with van der Waals surface area (Å²) in [5, 5.41) is 7.46. The van der Waals surface area contributed by atoms with Gasteiger partial charge in [-0.1, -0.05) is 30.3 Å². The molecule has 2 amide bonds. The maximum absolute atomic E-state index is 12.3. The molecular formula is C22H22N4O2S. The number of carbonyl (C=O) groups excluding carboxylic acids is 2. The van der Waals surface area contributed by atoms with Gasteiger partial charge >= 0.3 is 11.8 Å². The lowest BCUT2D eigenvalue weighted by atomic mass is 10.1. The molecule has 2 N–H and O–H groups in total. The van der Waals surface area contributed by atoms with E-state index < -0.39 is 11.8 Å². The van der Waals surface area contributed by atoms with Gasteiger partial charge in [0.05, 0.1) is 18.3 Å². The average molecular weight is 407 g/mol. The summed E-state index contributed by atoms with van der Waals surface area (Å²) in [6.45, 7) is 1.48. The molecule has 29 heavy (non-hydrogen) atoms. The molecule has 0 bridgehead atoms. The van der Waals surface area contributed by atoms with E-state index in [1.54, 1.807) is 29.7 Å². The number of amides is 2. The fourth-order valence-corrected chi connectivity index (χ4v) is 4.40. The van der Waals surface area contributed by atoms with Crippen molar-refractivity contribution >= 4 is 28.8 Å². The van der Waals surface area contributed by atoms with Crippen LogP contribution < -0.4 is 15.5 Å². The number of hydrogen-bond acceptors (Lipinski definition) is 5. The first-order valence-electron chi connectivity index (χ1n) is 9.56. The maximum Gasteiger partial charge on any atom is 0.309 e. The topological polar surface area (TPSA) is 74.3 Å². The molecule has 0 spiro atoms. The monoisotopic (exact) mass is 406 g/mol. The van der Waals surface area contributed by atoms with Crippen LogP contribution in [0.25, 0.3) is 0 Å². The van der Waals surface area contributed by atoms with Gasteiger partial charge in [-0.05, 0) is 41.6 Å². The predicted molar refractivity (Wildman–Crippen MR) is 114 cm³/mol. The van der Waals surface area contributed by atoms with E-state index >= 15 is 0 Å². The molecule has 0 aliphatic carbocycles. The number of anilines is 1.